The summed E-state index contributed by atoms with van der Waals surface area (Å²) < 4.78 is 1.73. The fourth-order valence-electron chi connectivity index (χ4n) is 3.72. The number of carbonyl (C=O) groups excluding carboxylic acids is 1. The number of hydrogen-bond acceptors (Lipinski definition) is 4. The van der Waals surface area contributed by atoms with Crippen molar-refractivity contribution in [3.63, 3.8) is 0 Å². The molecule has 156 valence electrons. The number of aromatic nitrogens is 2. The standard InChI is InChI=1S/C23H26ClN5O/c1-2-27-11-13-28(14-12-27)22-10-6-5-9-21(22)26-23(30)19-15-25-29(17-19)16-18-7-3-4-8-20(18)24/h3-10,15,17H,2,11-14,16H2,1H3,(H,26,30). The summed E-state index contributed by atoms with van der Waals surface area (Å²) in [5.41, 5.74) is 3.37. The number of anilines is 2. The van der Waals surface area contributed by atoms with Gasteiger partial charge in [-0.25, -0.2) is 0 Å². The minimum absolute atomic E-state index is 0.167. The molecular weight excluding hydrogens is 398 g/mol. The second kappa shape index (κ2) is 9.32. The van der Waals surface area contributed by atoms with E-state index in [4.69, 9.17) is 11.6 Å². The molecular formula is C23H26ClN5O. The Hall–Kier alpha value is -2.83. The summed E-state index contributed by atoms with van der Waals surface area (Å²) in [6, 6.07) is 15.6. The van der Waals surface area contributed by atoms with E-state index in [0.717, 1.165) is 49.7 Å². The zero-order valence-corrected chi connectivity index (χ0v) is 17.8. The second-order valence-electron chi connectivity index (χ2n) is 7.41. The molecule has 0 aliphatic carbocycles. The second-order valence-corrected chi connectivity index (χ2v) is 7.82. The van der Waals surface area contributed by atoms with E-state index in [9.17, 15) is 4.79 Å². The molecule has 1 fully saturated rings. The van der Waals surface area contributed by atoms with Gasteiger partial charge in [-0.2, -0.15) is 5.10 Å². The topological polar surface area (TPSA) is 53.4 Å². The van der Waals surface area contributed by atoms with Gasteiger partial charge in [-0.1, -0.05) is 48.9 Å². The van der Waals surface area contributed by atoms with Crippen LogP contribution < -0.4 is 10.2 Å². The Morgan fingerprint density at radius 1 is 1.07 bits per heavy atom. The number of nitrogens with zero attached hydrogens (tertiary/aromatic N) is 4. The zero-order chi connectivity index (χ0) is 20.9. The van der Waals surface area contributed by atoms with Crippen LogP contribution in [-0.4, -0.2) is 53.3 Å². The third-order valence-corrected chi connectivity index (χ3v) is 5.87. The molecule has 4 rings (SSSR count). The molecule has 3 aromatic rings. The summed E-state index contributed by atoms with van der Waals surface area (Å²) in [5.74, 6) is -0.167. The third-order valence-electron chi connectivity index (χ3n) is 5.50. The van der Waals surface area contributed by atoms with Gasteiger partial charge in [0.05, 0.1) is 29.7 Å². The summed E-state index contributed by atoms with van der Waals surface area (Å²) in [4.78, 5) is 17.6. The van der Waals surface area contributed by atoms with Gasteiger partial charge in [0.2, 0.25) is 0 Å². The average molecular weight is 424 g/mol. The molecule has 0 bridgehead atoms. The maximum Gasteiger partial charge on any atom is 0.258 e. The summed E-state index contributed by atoms with van der Waals surface area (Å²) in [6.07, 6.45) is 3.34. The van der Waals surface area contributed by atoms with Crippen molar-refractivity contribution >= 4 is 28.9 Å². The van der Waals surface area contributed by atoms with Gasteiger partial charge in [0.15, 0.2) is 0 Å². The summed E-state index contributed by atoms with van der Waals surface area (Å²) in [7, 11) is 0. The van der Waals surface area contributed by atoms with Crippen molar-refractivity contribution in [2.75, 3.05) is 42.9 Å². The first kappa shape index (κ1) is 20.4. The first-order valence-electron chi connectivity index (χ1n) is 10.3. The van der Waals surface area contributed by atoms with E-state index in [-0.39, 0.29) is 5.91 Å². The highest BCUT2D eigenvalue weighted by Gasteiger charge is 2.19. The van der Waals surface area contributed by atoms with Crippen molar-refractivity contribution in [1.29, 1.82) is 0 Å². The number of carbonyl (C=O) groups is 1. The molecule has 2 aromatic carbocycles. The molecule has 1 amide bonds. The number of benzene rings is 2. The molecule has 1 aliphatic rings. The molecule has 0 unspecified atom stereocenters. The van der Waals surface area contributed by atoms with Crippen LogP contribution in [0, 0.1) is 0 Å². The summed E-state index contributed by atoms with van der Waals surface area (Å²) in [5, 5.41) is 8.08. The fourth-order valence-corrected chi connectivity index (χ4v) is 3.92. The van der Waals surface area contributed by atoms with Gasteiger partial charge in [0.25, 0.3) is 5.91 Å². The van der Waals surface area contributed by atoms with E-state index in [2.05, 4.69) is 33.2 Å². The number of hydrogen-bond donors (Lipinski definition) is 1. The van der Waals surface area contributed by atoms with Gasteiger partial charge in [-0.3, -0.25) is 9.48 Å². The van der Waals surface area contributed by atoms with Gasteiger partial charge in [0, 0.05) is 37.4 Å². The highest BCUT2D eigenvalue weighted by molar-refractivity contribution is 6.31. The van der Waals surface area contributed by atoms with E-state index in [0.29, 0.717) is 17.1 Å². The lowest BCUT2D eigenvalue weighted by Gasteiger charge is -2.36. The Labute approximate surface area is 182 Å². The molecule has 0 spiro atoms. The van der Waals surface area contributed by atoms with Crippen LogP contribution in [0.25, 0.3) is 0 Å². The minimum Gasteiger partial charge on any atom is -0.367 e. The number of rotatable bonds is 6. The molecule has 1 saturated heterocycles. The summed E-state index contributed by atoms with van der Waals surface area (Å²) in [6.45, 7) is 7.76. The molecule has 30 heavy (non-hydrogen) atoms. The first-order chi connectivity index (χ1) is 14.6. The number of piperazine rings is 1. The number of halogens is 1. The summed E-state index contributed by atoms with van der Waals surface area (Å²) >= 11 is 6.23. The monoisotopic (exact) mass is 423 g/mol. The highest BCUT2D eigenvalue weighted by Crippen LogP contribution is 2.27. The lowest BCUT2D eigenvalue weighted by Crippen LogP contribution is -2.46. The maximum absolute atomic E-state index is 12.9. The van der Waals surface area contributed by atoms with Crippen LogP contribution in [0.5, 0.6) is 0 Å². The number of amides is 1. The van der Waals surface area contributed by atoms with Crippen molar-refractivity contribution in [2.24, 2.45) is 0 Å². The largest absolute Gasteiger partial charge is 0.367 e. The number of nitrogens with one attached hydrogen (secondary N) is 1. The first-order valence-corrected chi connectivity index (χ1v) is 10.7. The van der Waals surface area contributed by atoms with Crippen LogP contribution in [0.2, 0.25) is 5.02 Å². The molecule has 0 atom stereocenters. The number of para-hydroxylation sites is 2. The van der Waals surface area contributed by atoms with Crippen LogP contribution in [0.4, 0.5) is 11.4 Å². The molecule has 1 N–H and O–H groups in total. The van der Waals surface area contributed by atoms with Gasteiger partial charge in [0.1, 0.15) is 0 Å². The van der Waals surface area contributed by atoms with Crippen LogP contribution in [-0.2, 0) is 6.54 Å². The van der Waals surface area contributed by atoms with Crippen LogP contribution >= 0.6 is 11.6 Å². The number of likely N-dealkylation sites (N-methyl/N-ethyl adjacent to an activating group) is 1. The molecule has 0 radical (unpaired) electrons. The van der Waals surface area contributed by atoms with Gasteiger partial charge in [-0.05, 0) is 30.3 Å². The lowest BCUT2D eigenvalue weighted by atomic mass is 10.2. The Morgan fingerprint density at radius 2 is 1.80 bits per heavy atom. The Kier molecular flexibility index (Phi) is 6.35. The fraction of sp³-hybridized carbons (Fsp3) is 0.304. The molecule has 7 heteroatoms. The highest BCUT2D eigenvalue weighted by atomic mass is 35.5. The van der Waals surface area contributed by atoms with Gasteiger partial charge >= 0.3 is 0 Å². The van der Waals surface area contributed by atoms with Gasteiger partial charge < -0.3 is 15.1 Å². The molecule has 2 heterocycles. The SMILES string of the molecule is CCN1CCN(c2ccccc2NC(=O)c2cnn(Cc3ccccc3Cl)c2)CC1. The zero-order valence-electron chi connectivity index (χ0n) is 17.1. The van der Waals surface area contributed by atoms with E-state index in [1.165, 1.54) is 0 Å². The van der Waals surface area contributed by atoms with E-state index >= 15 is 0 Å². The van der Waals surface area contributed by atoms with E-state index in [1.54, 1.807) is 17.1 Å². The third kappa shape index (κ3) is 4.66. The van der Waals surface area contributed by atoms with Crippen molar-refractivity contribution < 1.29 is 4.79 Å². The predicted molar refractivity (Wildman–Crippen MR) is 122 cm³/mol. The van der Waals surface area contributed by atoms with Crippen molar-refractivity contribution in [1.82, 2.24) is 14.7 Å². The van der Waals surface area contributed by atoms with Crippen LogP contribution in [0.1, 0.15) is 22.8 Å². The predicted octanol–water partition coefficient (Wildman–Crippen LogP) is 3.98. The molecule has 1 aromatic heterocycles. The van der Waals surface area contributed by atoms with Crippen molar-refractivity contribution in [3.8, 4) is 0 Å². The quantitative estimate of drug-likeness (QED) is 0.651. The van der Waals surface area contributed by atoms with E-state index < -0.39 is 0 Å². The normalized spacial score (nSPS) is 14.7. The van der Waals surface area contributed by atoms with Gasteiger partial charge in [-0.15, -0.1) is 0 Å². The molecule has 0 saturated carbocycles. The Bertz CT molecular complexity index is 1010. The smallest absolute Gasteiger partial charge is 0.258 e. The van der Waals surface area contributed by atoms with E-state index in [1.807, 2.05) is 42.5 Å². The van der Waals surface area contributed by atoms with Crippen LogP contribution in [0.15, 0.2) is 60.9 Å². The van der Waals surface area contributed by atoms with Crippen LogP contribution in [0.3, 0.4) is 0 Å². The lowest BCUT2D eigenvalue weighted by molar-refractivity contribution is 0.102. The molecule has 1 aliphatic heterocycles. The van der Waals surface area contributed by atoms with Crippen molar-refractivity contribution in [2.45, 2.75) is 13.5 Å². The Morgan fingerprint density at radius 3 is 2.57 bits per heavy atom. The Balaban J connectivity index is 1.45. The molecule has 6 nitrogen and oxygen atoms in total. The average Bonchev–Trinajstić information content (AvgIpc) is 3.25. The van der Waals surface area contributed by atoms with Crippen molar-refractivity contribution in [3.05, 3.63) is 77.1 Å². The maximum atomic E-state index is 12.9. The minimum atomic E-state index is -0.167.